The monoisotopic (exact) mass is 276 g/mol. The van der Waals surface area contributed by atoms with Crippen molar-refractivity contribution >= 4 is 0 Å². The van der Waals surface area contributed by atoms with Crippen LogP contribution in [0.2, 0.25) is 0 Å². The number of rotatable bonds is 4. The fraction of sp³-hybridized carbons (Fsp3) is 0.688. The molecule has 3 rings (SSSR count). The molecule has 1 N–H and O–H groups in total. The van der Waals surface area contributed by atoms with Gasteiger partial charge in [0.25, 0.3) is 0 Å². The average Bonchev–Trinajstić information content (AvgIpc) is 2.48. The van der Waals surface area contributed by atoms with Crippen LogP contribution < -0.4 is 10.1 Å². The summed E-state index contributed by atoms with van der Waals surface area (Å²) >= 11 is 0. The van der Waals surface area contributed by atoms with Gasteiger partial charge < -0.3 is 14.8 Å². The Morgan fingerprint density at radius 3 is 3.00 bits per heavy atom. The number of aromatic nitrogens is 1. The molecule has 1 aromatic rings. The van der Waals surface area contributed by atoms with Crippen molar-refractivity contribution in [1.29, 1.82) is 0 Å². The average molecular weight is 276 g/mol. The third-order valence-electron chi connectivity index (χ3n) is 4.86. The lowest BCUT2D eigenvalue weighted by Crippen LogP contribution is -2.69. The SMILES string of the molecule is COc1ccc(CN[C@@H]2[C@@H]3CCCO[C@@H]3C2(C)C)cn1. The van der Waals surface area contributed by atoms with Gasteiger partial charge in [0, 0.05) is 42.8 Å². The van der Waals surface area contributed by atoms with E-state index in [1.54, 1.807) is 7.11 Å². The Bertz CT molecular complexity index is 458. The van der Waals surface area contributed by atoms with Gasteiger partial charge in [0.1, 0.15) is 0 Å². The van der Waals surface area contributed by atoms with Gasteiger partial charge in [-0.05, 0) is 18.4 Å². The van der Waals surface area contributed by atoms with Crippen molar-refractivity contribution in [1.82, 2.24) is 10.3 Å². The Labute approximate surface area is 120 Å². The molecule has 20 heavy (non-hydrogen) atoms. The Kier molecular flexibility index (Phi) is 3.69. The van der Waals surface area contributed by atoms with Crippen LogP contribution in [0.5, 0.6) is 5.88 Å². The molecule has 2 heterocycles. The van der Waals surface area contributed by atoms with Crippen molar-refractivity contribution in [3.63, 3.8) is 0 Å². The van der Waals surface area contributed by atoms with E-state index < -0.39 is 0 Å². The Morgan fingerprint density at radius 1 is 1.45 bits per heavy atom. The van der Waals surface area contributed by atoms with Gasteiger partial charge in [-0.1, -0.05) is 19.9 Å². The molecule has 2 aliphatic rings. The summed E-state index contributed by atoms with van der Waals surface area (Å²) in [5.41, 5.74) is 1.42. The number of hydrogen-bond acceptors (Lipinski definition) is 4. The van der Waals surface area contributed by atoms with E-state index in [-0.39, 0.29) is 5.41 Å². The molecule has 4 heteroatoms. The molecule has 0 radical (unpaired) electrons. The predicted molar refractivity (Wildman–Crippen MR) is 77.7 cm³/mol. The molecule has 3 atom stereocenters. The van der Waals surface area contributed by atoms with Gasteiger partial charge in [0.2, 0.25) is 5.88 Å². The fourth-order valence-electron chi connectivity index (χ4n) is 3.80. The quantitative estimate of drug-likeness (QED) is 0.917. The Morgan fingerprint density at radius 2 is 2.30 bits per heavy atom. The summed E-state index contributed by atoms with van der Waals surface area (Å²) in [6.07, 6.45) is 4.79. The maximum Gasteiger partial charge on any atom is 0.212 e. The summed E-state index contributed by atoms with van der Waals surface area (Å²) in [7, 11) is 1.64. The number of hydrogen-bond donors (Lipinski definition) is 1. The van der Waals surface area contributed by atoms with Gasteiger partial charge in [-0.15, -0.1) is 0 Å². The minimum atomic E-state index is 0.227. The van der Waals surface area contributed by atoms with Gasteiger partial charge in [-0.3, -0.25) is 0 Å². The van der Waals surface area contributed by atoms with Crippen molar-refractivity contribution < 1.29 is 9.47 Å². The zero-order valence-corrected chi connectivity index (χ0v) is 12.6. The highest BCUT2D eigenvalue weighted by molar-refractivity contribution is 5.18. The number of nitrogens with one attached hydrogen (secondary N) is 1. The molecule has 1 saturated heterocycles. The smallest absolute Gasteiger partial charge is 0.212 e. The number of pyridine rings is 1. The van der Waals surface area contributed by atoms with E-state index in [2.05, 4.69) is 30.2 Å². The van der Waals surface area contributed by atoms with Crippen molar-refractivity contribution in [3.8, 4) is 5.88 Å². The Balaban J connectivity index is 1.60. The van der Waals surface area contributed by atoms with Crippen molar-refractivity contribution in [3.05, 3.63) is 23.9 Å². The van der Waals surface area contributed by atoms with Gasteiger partial charge in [0.05, 0.1) is 13.2 Å². The van der Waals surface area contributed by atoms with E-state index in [0.717, 1.165) is 13.2 Å². The van der Waals surface area contributed by atoms with Crippen LogP contribution in [0, 0.1) is 11.3 Å². The molecule has 110 valence electrons. The molecule has 1 aromatic heterocycles. The first-order chi connectivity index (χ1) is 9.63. The second kappa shape index (κ2) is 5.34. The van der Waals surface area contributed by atoms with Gasteiger partial charge in [-0.25, -0.2) is 4.98 Å². The molecule has 0 amide bonds. The van der Waals surface area contributed by atoms with Crippen LogP contribution in [0.15, 0.2) is 18.3 Å². The molecule has 0 bridgehead atoms. The number of methoxy groups -OCH3 is 1. The van der Waals surface area contributed by atoms with Crippen LogP contribution in [-0.4, -0.2) is 30.8 Å². The minimum absolute atomic E-state index is 0.227. The van der Waals surface area contributed by atoms with E-state index in [0.29, 0.717) is 23.9 Å². The lowest BCUT2D eigenvalue weighted by Gasteiger charge is -2.60. The molecule has 4 nitrogen and oxygen atoms in total. The molecule has 1 aliphatic heterocycles. The molecular formula is C16H24N2O2. The lowest BCUT2D eigenvalue weighted by atomic mass is 9.55. The van der Waals surface area contributed by atoms with Crippen molar-refractivity contribution in [2.75, 3.05) is 13.7 Å². The van der Waals surface area contributed by atoms with Gasteiger partial charge >= 0.3 is 0 Å². The first kappa shape index (κ1) is 13.8. The molecule has 1 saturated carbocycles. The highest BCUT2D eigenvalue weighted by Crippen LogP contribution is 2.51. The summed E-state index contributed by atoms with van der Waals surface area (Å²) in [5.74, 6) is 1.34. The van der Waals surface area contributed by atoms with Crippen molar-refractivity contribution in [2.45, 2.75) is 45.4 Å². The van der Waals surface area contributed by atoms with Crippen molar-refractivity contribution in [2.24, 2.45) is 11.3 Å². The van der Waals surface area contributed by atoms with E-state index in [9.17, 15) is 0 Å². The lowest BCUT2D eigenvalue weighted by molar-refractivity contribution is -0.192. The standard InChI is InChI=1S/C16H24N2O2/c1-16(2)14(12-5-4-8-20-15(12)16)18-10-11-6-7-13(19-3)17-9-11/h6-7,9,12,14-15,18H,4-5,8,10H2,1-3H3/t12-,14+,15-/m0/s1. The van der Waals surface area contributed by atoms with E-state index in [1.165, 1.54) is 18.4 Å². The van der Waals surface area contributed by atoms with E-state index in [1.807, 2.05) is 12.3 Å². The number of nitrogens with zero attached hydrogens (tertiary/aromatic N) is 1. The zero-order valence-electron chi connectivity index (χ0n) is 12.6. The van der Waals surface area contributed by atoms with E-state index in [4.69, 9.17) is 9.47 Å². The third kappa shape index (κ3) is 2.31. The second-order valence-corrected chi connectivity index (χ2v) is 6.49. The molecule has 2 fully saturated rings. The van der Waals surface area contributed by atoms with E-state index >= 15 is 0 Å². The van der Waals surface area contributed by atoms with Crippen LogP contribution >= 0.6 is 0 Å². The highest BCUT2D eigenvalue weighted by atomic mass is 16.5. The minimum Gasteiger partial charge on any atom is -0.481 e. The molecule has 1 aliphatic carbocycles. The Hall–Kier alpha value is -1.13. The zero-order chi connectivity index (χ0) is 14.2. The van der Waals surface area contributed by atoms with Crippen LogP contribution in [0.3, 0.4) is 0 Å². The first-order valence-corrected chi connectivity index (χ1v) is 7.47. The normalized spacial score (nSPS) is 31.2. The molecular weight excluding hydrogens is 252 g/mol. The van der Waals surface area contributed by atoms with Crippen LogP contribution in [0.25, 0.3) is 0 Å². The first-order valence-electron chi connectivity index (χ1n) is 7.47. The fourth-order valence-corrected chi connectivity index (χ4v) is 3.80. The largest absolute Gasteiger partial charge is 0.481 e. The molecule has 0 spiro atoms. The third-order valence-corrected chi connectivity index (χ3v) is 4.86. The maximum atomic E-state index is 5.94. The summed E-state index contributed by atoms with van der Waals surface area (Å²) in [4.78, 5) is 4.25. The summed E-state index contributed by atoms with van der Waals surface area (Å²) in [5, 5.41) is 3.70. The molecule has 0 aromatic carbocycles. The van der Waals surface area contributed by atoms with Gasteiger partial charge in [-0.2, -0.15) is 0 Å². The number of ether oxygens (including phenoxy) is 2. The topological polar surface area (TPSA) is 43.4 Å². The highest BCUT2D eigenvalue weighted by Gasteiger charge is 2.57. The summed E-state index contributed by atoms with van der Waals surface area (Å²) < 4.78 is 11.0. The number of fused-ring (bicyclic) bond motifs is 1. The summed E-state index contributed by atoms with van der Waals surface area (Å²) in [6, 6.07) is 4.52. The van der Waals surface area contributed by atoms with Crippen LogP contribution in [-0.2, 0) is 11.3 Å². The maximum absolute atomic E-state index is 5.94. The van der Waals surface area contributed by atoms with Crippen LogP contribution in [0.4, 0.5) is 0 Å². The summed E-state index contributed by atoms with van der Waals surface area (Å²) in [6.45, 7) is 6.40. The van der Waals surface area contributed by atoms with Crippen LogP contribution in [0.1, 0.15) is 32.3 Å². The molecule has 0 unspecified atom stereocenters. The predicted octanol–water partition coefficient (Wildman–Crippen LogP) is 2.38. The van der Waals surface area contributed by atoms with Gasteiger partial charge in [0.15, 0.2) is 0 Å². The second-order valence-electron chi connectivity index (χ2n) is 6.49.